The van der Waals surface area contributed by atoms with Crippen molar-refractivity contribution in [3.8, 4) is 0 Å². The van der Waals surface area contributed by atoms with Crippen LogP contribution in [0.15, 0.2) is 24.3 Å². The van der Waals surface area contributed by atoms with Crippen LogP contribution in [-0.4, -0.2) is 37.3 Å². The highest BCUT2D eigenvalue weighted by Crippen LogP contribution is 2.38. The lowest BCUT2D eigenvalue weighted by Gasteiger charge is -2.36. The van der Waals surface area contributed by atoms with Crippen LogP contribution in [0, 0.1) is 0 Å². The SMILES string of the molecule is Cl.Cl.FC(F)(F)[C@@H](c1ccc(Cl)cc1)N1CCNCC1. The van der Waals surface area contributed by atoms with Crippen molar-refractivity contribution >= 4 is 36.4 Å². The summed E-state index contributed by atoms with van der Waals surface area (Å²) in [5.41, 5.74) is 0.244. The van der Waals surface area contributed by atoms with Crippen LogP contribution in [0.25, 0.3) is 0 Å². The molecule has 1 fully saturated rings. The second-order valence-electron chi connectivity index (χ2n) is 4.28. The molecule has 0 aromatic heterocycles. The summed E-state index contributed by atoms with van der Waals surface area (Å²) >= 11 is 5.71. The van der Waals surface area contributed by atoms with Gasteiger partial charge in [-0.05, 0) is 17.7 Å². The molecule has 116 valence electrons. The third kappa shape index (κ3) is 4.97. The van der Waals surface area contributed by atoms with Crippen LogP contribution in [0.3, 0.4) is 0 Å². The Balaban J connectivity index is 0.00000180. The normalized spacial score (nSPS) is 17.8. The van der Waals surface area contributed by atoms with Crippen LogP contribution in [0.5, 0.6) is 0 Å². The molecule has 1 heterocycles. The first-order chi connectivity index (χ1) is 8.48. The Morgan fingerprint density at radius 1 is 1.05 bits per heavy atom. The zero-order chi connectivity index (χ0) is 13.2. The number of hydrogen-bond acceptors (Lipinski definition) is 2. The molecule has 1 saturated heterocycles. The predicted octanol–water partition coefficient (Wildman–Crippen LogP) is 3.69. The Morgan fingerprint density at radius 3 is 2.00 bits per heavy atom. The van der Waals surface area contributed by atoms with Crippen molar-refractivity contribution in [3.63, 3.8) is 0 Å². The molecule has 0 spiro atoms. The van der Waals surface area contributed by atoms with Gasteiger partial charge in [0.1, 0.15) is 6.04 Å². The molecule has 0 radical (unpaired) electrons. The Bertz CT molecular complexity index is 392. The van der Waals surface area contributed by atoms with E-state index in [0.717, 1.165) is 0 Å². The first-order valence-electron chi connectivity index (χ1n) is 5.75. The van der Waals surface area contributed by atoms with Gasteiger partial charge in [0.2, 0.25) is 0 Å². The van der Waals surface area contributed by atoms with Crippen LogP contribution in [0.4, 0.5) is 13.2 Å². The van der Waals surface area contributed by atoms with Gasteiger partial charge in [0.05, 0.1) is 0 Å². The standard InChI is InChI=1S/C12H14ClF3N2.2ClH/c13-10-3-1-9(2-4-10)11(12(14,15)16)18-7-5-17-6-8-18;;/h1-4,11,17H,5-8H2;2*1H/t11-;;/m1../s1. The molecule has 2 nitrogen and oxygen atoms in total. The maximum absolute atomic E-state index is 13.2. The van der Waals surface area contributed by atoms with Gasteiger partial charge in [-0.25, -0.2) is 0 Å². The molecule has 1 aliphatic rings. The van der Waals surface area contributed by atoms with E-state index in [0.29, 0.717) is 31.2 Å². The third-order valence-corrected chi connectivity index (χ3v) is 3.26. The van der Waals surface area contributed by atoms with E-state index >= 15 is 0 Å². The molecule has 0 saturated carbocycles. The average molecular weight is 352 g/mol. The Hall–Kier alpha value is -0.200. The summed E-state index contributed by atoms with van der Waals surface area (Å²) < 4.78 is 39.6. The zero-order valence-corrected chi connectivity index (χ0v) is 12.9. The van der Waals surface area contributed by atoms with Crippen LogP contribution in [0.1, 0.15) is 11.6 Å². The first kappa shape index (κ1) is 19.8. The maximum atomic E-state index is 13.2. The number of rotatable bonds is 2. The lowest BCUT2D eigenvalue weighted by Crippen LogP contribution is -2.49. The van der Waals surface area contributed by atoms with E-state index in [1.165, 1.54) is 29.2 Å². The molecule has 0 amide bonds. The second-order valence-corrected chi connectivity index (χ2v) is 4.72. The lowest BCUT2D eigenvalue weighted by atomic mass is 10.0. The summed E-state index contributed by atoms with van der Waals surface area (Å²) in [6.45, 7) is 1.96. The van der Waals surface area contributed by atoms with Gasteiger partial charge in [-0.2, -0.15) is 13.2 Å². The molecule has 1 atom stereocenters. The van der Waals surface area contributed by atoms with Gasteiger partial charge in [-0.1, -0.05) is 23.7 Å². The minimum atomic E-state index is -4.27. The number of piperazine rings is 1. The second kappa shape index (κ2) is 8.29. The van der Waals surface area contributed by atoms with E-state index in [2.05, 4.69) is 5.32 Å². The monoisotopic (exact) mass is 350 g/mol. The fourth-order valence-corrected chi connectivity index (χ4v) is 2.32. The van der Waals surface area contributed by atoms with Crippen LogP contribution < -0.4 is 5.32 Å². The van der Waals surface area contributed by atoms with E-state index in [-0.39, 0.29) is 30.4 Å². The molecule has 2 rings (SSSR count). The Morgan fingerprint density at radius 2 is 1.55 bits per heavy atom. The first-order valence-corrected chi connectivity index (χ1v) is 6.13. The number of alkyl halides is 3. The highest BCUT2D eigenvalue weighted by atomic mass is 35.5. The van der Waals surface area contributed by atoms with Crippen molar-refractivity contribution < 1.29 is 13.2 Å². The molecule has 0 aliphatic carbocycles. The summed E-state index contributed by atoms with van der Waals surface area (Å²) in [7, 11) is 0. The van der Waals surface area contributed by atoms with Gasteiger partial charge in [0.25, 0.3) is 0 Å². The fourth-order valence-electron chi connectivity index (χ4n) is 2.19. The van der Waals surface area contributed by atoms with Gasteiger partial charge in [-0.15, -0.1) is 24.8 Å². The highest BCUT2D eigenvalue weighted by Gasteiger charge is 2.44. The van der Waals surface area contributed by atoms with Crippen LogP contribution >= 0.6 is 36.4 Å². The largest absolute Gasteiger partial charge is 0.408 e. The molecule has 20 heavy (non-hydrogen) atoms. The molecule has 1 aliphatic heterocycles. The fraction of sp³-hybridized carbons (Fsp3) is 0.500. The van der Waals surface area contributed by atoms with Gasteiger partial charge in [0, 0.05) is 31.2 Å². The highest BCUT2D eigenvalue weighted by molar-refractivity contribution is 6.30. The van der Waals surface area contributed by atoms with Crippen molar-refractivity contribution in [2.45, 2.75) is 12.2 Å². The summed E-state index contributed by atoms with van der Waals surface area (Å²) in [5, 5.41) is 3.50. The van der Waals surface area contributed by atoms with E-state index in [9.17, 15) is 13.2 Å². The molecule has 0 bridgehead atoms. The summed E-state index contributed by atoms with van der Waals surface area (Å²) in [6.07, 6.45) is -4.27. The minimum absolute atomic E-state index is 0. The topological polar surface area (TPSA) is 15.3 Å². The predicted molar refractivity (Wildman–Crippen MR) is 79.2 cm³/mol. The quantitative estimate of drug-likeness (QED) is 0.874. The van der Waals surface area contributed by atoms with Crippen molar-refractivity contribution in [2.24, 2.45) is 0 Å². The van der Waals surface area contributed by atoms with Gasteiger partial charge >= 0.3 is 6.18 Å². The van der Waals surface area contributed by atoms with E-state index < -0.39 is 12.2 Å². The number of benzene rings is 1. The van der Waals surface area contributed by atoms with Crippen molar-refractivity contribution in [1.82, 2.24) is 10.2 Å². The van der Waals surface area contributed by atoms with Crippen LogP contribution in [0.2, 0.25) is 5.02 Å². The minimum Gasteiger partial charge on any atom is -0.314 e. The number of nitrogens with zero attached hydrogens (tertiary/aromatic N) is 1. The van der Waals surface area contributed by atoms with E-state index in [1.807, 2.05) is 0 Å². The molecule has 1 N–H and O–H groups in total. The third-order valence-electron chi connectivity index (χ3n) is 3.01. The van der Waals surface area contributed by atoms with Gasteiger partial charge in [0.15, 0.2) is 0 Å². The number of halogens is 6. The molecule has 1 aromatic carbocycles. The van der Waals surface area contributed by atoms with Crippen molar-refractivity contribution in [3.05, 3.63) is 34.9 Å². The smallest absolute Gasteiger partial charge is 0.314 e. The van der Waals surface area contributed by atoms with E-state index in [1.54, 1.807) is 0 Å². The maximum Gasteiger partial charge on any atom is 0.408 e. The molecular formula is C12H16Cl3F3N2. The van der Waals surface area contributed by atoms with Gasteiger partial charge < -0.3 is 5.32 Å². The summed E-state index contributed by atoms with van der Waals surface area (Å²) in [6, 6.07) is 4.35. The zero-order valence-electron chi connectivity index (χ0n) is 10.5. The molecule has 8 heteroatoms. The average Bonchev–Trinajstić information content (AvgIpc) is 2.32. The summed E-state index contributed by atoms with van der Waals surface area (Å²) in [4.78, 5) is 1.46. The Labute approximate surface area is 133 Å². The molecule has 1 aromatic rings. The van der Waals surface area contributed by atoms with Crippen molar-refractivity contribution in [2.75, 3.05) is 26.2 Å². The summed E-state index contributed by atoms with van der Waals surface area (Å²) in [5.74, 6) is 0. The van der Waals surface area contributed by atoms with Gasteiger partial charge in [-0.3, -0.25) is 4.90 Å². The van der Waals surface area contributed by atoms with Crippen LogP contribution in [-0.2, 0) is 0 Å². The number of hydrogen-bond donors (Lipinski definition) is 1. The lowest BCUT2D eigenvalue weighted by molar-refractivity contribution is -0.187. The molecule has 0 unspecified atom stereocenters. The Kier molecular flexibility index (Phi) is 8.21. The number of nitrogens with one attached hydrogen (secondary N) is 1. The van der Waals surface area contributed by atoms with Crippen molar-refractivity contribution in [1.29, 1.82) is 0 Å². The molecular weight excluding hydrogens is 335 g/mol. The van der Waals surface area contributed by atoms with E-state index in [4.69, 9.17) is 11.6 Å².